The molecule has 1 aliphatic rings. The molecular formula is C14H19N3. The topological polar surface area (TPSA) is 41.6 Å². The van der Waals surface area contributed by atoms with Crippen LogP contribution in [0, 0.1) is 0 Å². The molecule has 2 N–H and O–H groups in total. The van der Waals surface area contributed by atoms with E-state index in [-0.39, 0.29) is 0 Å². The van der Waals surface area contributed by atoms with E-state index in [1.165, 1.54) is 11.3 Å². The fourth-order valence-electron chi connectivity index (χ4n) is 2.44. The zero-order chi connectivity index (χ0) is 12.4. The van der Waals surface area contributed by atoms with Crippen molar-refractivity contribution in [2.24, 2.45) is 10.7 Å². The predicted octanol–water partition coefficient (Wildman–Crippen LogP) is 2.24. The van der Waals surface area contributed by atoms with Crippen LogP contribution in [0.25, 0.3) is 5.57 Å². The van der Waals surface area contributed by atoms with Gasteiger partial charge < -0.3 is 10.6 Å². The van der Waals surface area contributed by atoms with Crippen LogP contribution in [0.4, 0.5) is 5.69 Å². The van der Waals surface area contributed by atoms with E-state index in [0.29, 0.717) is 5.92 Å². The maximum Gasteiger partial charge on any atom is 0.0400 e. The Morgan fingerprint density at radius 2 is 2.29 bits per heavy atom. The number of anilines is 1. The molecule has 90 valence electrons. The number of nitrogens with two attached hydrogens (primary N) is 1. The molecule has 17 heavy (non-hydrogen) atoms. The van der Waals surface area contributed by atoms with Gasteiger partial charge in [0.1, 0.15) is 0 Å². The van der Waals surface area contributed by atoms with Gasteiger partial charge in [-0.2, -0.15) is 0 Å². The maximum atomic E-state index is 5.63. The summed E-state index contributed by atoms with van der Waals surface area (Å²) in [6, 6.07) is 6.50. The third-order valence-corrected chi connectivity index (χ3v) is 3.30. The highest BCUT2D eigenvalue weighted by atomic mass is 15.1. The molecule has 0 amide bonds. The zero-order valence-corrected chi connectivity index (χ0v) is 10.6. The summed E-state index contributed by atoms with van der Waals surface area (Å²) in [4.78, 5) is 6.32. The normalized spacial score (nSPS) is 20.1. The molecule has 0 bridgehead atoms. The first-order chi connectivity index (χ1) is 8.17. The summed E-state index contributed by atoms with van der Waals surface area (Å²) >= 11 is 0. The van der Waals surface area contributed by atoms with Crippen LogP contribution in [-0.2, 0) is 0 Å². The van der Waals surface area contributed by atoms with E-state index in [1.807, 2.05) is 0 Å². The third kappa shape index (κ3) is 2.05. The summed E-state index contributed by atoms with van der Waals surface area (Å²) in [7, 11) is 3.89. The number of hydrogen-bond acceptors (Lipinski definition) is 3. The minimum atomic E-state index is 0.576. The van der Waals surface area contributed by atoms with Crippen LogP contribution in [0.1, 0.15) is 24.0 Å². The smallest absolute Gasteiger partial charge is 0.0400 e. The highest BCUT2D eigenvalue weighted by Gasteiger charge is 2.22. The summed E-state index contributed by atoms with van der Waals surface area (Å²) in [5, 5.41) is 0. The van der Waals surface area contributed by atoms with Crippen molar-refractivity contribution in [2.45, 2.75) is 12.8 Å². The number of likely N-dealkylation sites (N-methyl/N-ethyl adjacent to an activating group) is 1. The zero-order valence-electron chi connectivity index (χ0n) is 10.6. The Balaban J connectivity index is 2.44. The van der Waals surface area contributed by atoms with Gasteiger partial charge in [-0.1, -0.05) is 13.0 Å². The van der Waals surface area contributed by atoms with E-state index >= 15 is 0 Å². The Morgan fingerprint density at radius 1 is 1.53 bits per heavy atom. The molecule has 1 aromatic carbocycles. The molecule has 1 heterocycles. The molecule has 1 unspecified atom stereocenters. The van der Waals surface area contributed by atoms with Gasteiger partial charge in [0.15, 0.2) is 0 Å². The van der Waals surface area contributed by atoms with Crippen LogP contribution in [0.15, 0.2) is 29.4 Å². The van der Waals surface area contributed by atoms with Crippen LogP contribution in [0.2, 0.25) is 0 Å². The number of aliphatic imine (C=N–C) groups is 1. The van der Waals surface area contributed by atoms with E-state index in [0.717, 1.165) is 17.7 Å². The summed E-state index contributed by atoms with van der Waals surface area (Å²) in [5.41, 5.74) is 10.5. The Bertz CT molecular complexity index is 474. The van der Waals surface area contributed by atoms with Crippen molar-refractivity contribution in [2.75, 3.05) is 25.5 Å². The van der Waals surface area contributed by atoms with Crippen molar-refractivity contribution in [3.8, 4) is 0 Å². The van der Waals surface area contributed by atoms with Gasteiger partial charge in [-0.25, -0.2) is 0 Å². The first-order valence-electron chi connectivity index (χ1n) is 5.87. The molecule has 0 fully saturated rings. The van der Waals surface area contributed by atoms with Gasteiger partial charge in [-0.15, -0.1) is 0 Å². The van der Waals surface area contributed by atoms with Crippen LogP contribution >= 0.6 is 0 Å². The quantitative estimate of drug-likeness (QED) is 0.790. The molecule has 0 aliphatic carbocycles. The summed E-state index contributed by atoms with van der Waals surface area (Å²) < 4.78 is 0. The van der Waals surface area contributed by atoms with E-state index in [2.05, 4.69) is 42.1 Å². The summed E-state index contributed by atoms with van der Waals surface area (Å²) in [6.45, 7) is 3.34. The van der Waals surface area contributed by atoms with Gasteiger partial charge in [0, 0.05) is 50.2 Å². The van der Waals surface area contributed by atoms with Gasteiger partial charge in [-0.3, -0.25) is 4.99 Å². The molecule has 1 aromatic rings. The molecule has 3 heteroatoms. The van der Waals surface area contributed by atoms with Crippen molar-refractivity contribution in [3.63, 3.8) is 0 Å². The highest BCUT2D eigenvalue weighted by Crippen LogP contribution is 2.36. The molecule has 3 nitrogen and oxygen atoms in total. The number of hydrogen-bond donors (Lipinski definition) is 1. The predicted molar refractivity (Wildman–Crippen MR) is 74.7 cm³/mol. The second kappa shape index (κ2) is 4.62. The monoisotopic (exact) mass is 229 g/mol. The summed E-state index contributed by atoms with van der Waals surface area (Å²) in [5.74, 6) is 0.576. The van der Waals surface area contributed by atoms with E-state index in [4.69, 9.17) is 5.73 Å². The lowest BCUT2D eigenvalue weighted by atomic mass is 9.98. The molecule has 1 aliphatic heterocycles. The van der Waals surface area contributed by atoms with Crippen molar-refractivity contribution in [1.82, 2.24) is 0 Å². The van der Waals surface area contributed by atoms with Crippen molar-refractivity contribution in [3.05, 3.63) is 35.5 Å². The lowest BCUT2D eigenvalue weighted by Gasteiger charge is -2.12. The Labute approximate surface area is 103 Å². The average Bonchev–Trinajstić information content (AvgIpc) is 2.62. The lowest BCUT2D eigenvalue weighted by Crippen LogP contribution is -2.13. The minimum absolute atomic E-state index is 0.576. The molecule has 0 spiro atoms. The largest absolute Gasteiger partial charge is 0.404 e. The molecule has 0 saturated carbocycles. The first-order valence-corrected chi connectivity index (χ1v) is 5.87. The molecule has 0 aromatic heterocycles. The summed E-state index contributed by atoms with van der Waals surface area (Å²) in [6.07, 6.45) is 3.41. The first kappa shape index (κ1) is 11.7. The van der Waals surface area contributed by atoms with Crippen molar-refractivity contribution in [1.29, 1.82) is 0 Å². The Hall–Kier alpha value is -1.77. The Kier molecular flexibility index (Phi) is 3.18. The van der Waals surface area contributed by atoms with Crippen LogP contribution < -0.4 is 10.6 Å². The Morgan fingerprint density at radius 3 is 2.94 bits per heavy atom. The SMILES string of the molecule is CN=CC(=CN)c1ccc2c(c1)C(C)CN2C. The van der Waals surface area contributed by atoms with E-state index in [1.54, 1.807) is 19.5 Å². The molecular weight excluding hydrogens is 210 g/mol. The standard InChI is InChI=1S/C14H19N3/c1-10-9-17(3)14-5-4-11(6-13(10)14)12(7-15)8-16-2/h4-8,10H,9,15H2,1-3H3. The van der Waals surface area contributed by atoms with Gasteiger partial charge in [0.05, 0.1) is 0 Å². The number of benzene rings is 1. The second-order valence-electron chi connectivity index (χ2n) is 4.56. The van der Waals surface area contributed by atoms with Crippen LogP contribution in [-0.4, -0.2) is 26.9 Å². The fraction of sp³-hybridized carbons (Fsp3) is 0.357. The number of nitrogens with zero attached hydrogens (tertiary/aromatic N) is 2. The fourth-order valence-corrected chi connectivity index (χ4v) is 2.44. The van der Waals surface area contributed by atoms with E-state index in [9.17, 15) is 0 Å². The molecule has 0 radical (unpaired) electrons. The third-order valence-electron chi connectivity index (χ3n) is 3.30. The van der Waals surface area contributed by atoms with Crippen LogP contribution in [0.5, 0.6) is 0 Å². The lowest BCUT2D eigenvalue weighted by molar-refractivity contribution is 0.796. The maximum absolute atomic E-state index is 5.63. The van der Waals surface area contributed by atoms with Crippen molar-refractivity contribution < 1.29 is 0 Å². The van der Waals surface area contributed by atoms with E-state index < -0.39 is 0 Å². The minimum Gasteiger partial charge on any atom is -0.404 e. The van der Waals surface area contributed by atoms with Gasteiger partial charge in [-0.05, 0) is 23.3 Å². The number of allylic oxidation sites excluding steroid dienone is 1. The number of fused-ring (bicyclic) bond motifs is 1. The van der Waals surface area contributed by atoms with Crippen LogP contribution in [0.3, 0.4) is 0 Å². The van der Waals surface area contributed by atoms with Gasteiger partial charge in [0.25, 0.3) is 0 Å². The second-order valence-corrected chi connectivity index (χ2v) is 4.56. The average molecular weight is 229 g/mol. The van der Waals surface area contributed by atoms with Gasteiger partial charge >= 0.3 is 0 Å². The van der Waals surface area contributed by atoms with Crippen molar-refractivity contribution >= 4 is 17.5 Å². The molecule has 1 atom stereocenters. The highest BCUT2D eigenvalue weighted by molar-refractivity contribution is 6.09. The molecule has 0 saturated heterocycles. The number of rotatable bonds is 2. The van der Waals surface area contributed by atoms with Gasteiger partial charge in [0.2, 0.25) is 0 Å². The molecule has 2 rings (SSSR count).